The number of benzene rings is 2. The van der Waals surface area contributed by atoms with Gasteiger partial charge in [0.2, 0.25) is 11.5 Å². The van der Waals surface area contributed by atoms with E-state index in [-0.39, 0.29) is 40.9 Å². The van der Waals surface area contributed by atoms with E-state index in [0.717, 1.165) is 6.07 Å². The Hall–Kier alpha value is -3.83. The first-order chi connectivity index (χ1) is 14.8. The lowest BCUT2D eigenvalue weighted by molar-refractivity contribution is -0.386. The maximum atomic E-state index is 12.7. The molecule has 31 heavy (non-hydrogen) atoms. The second-order valence-corrected chi connectivity index (χ2v) is 5.84. The van der Waals surface area contributed by atoms with Crippen LogP contribution in [0.2, 0.25) is 0 Å². The second-order valence-electron chi connectivity index (χ2n) is 5.84. The molecule has 0 aromatic heterocycles. The molecule has 0 unspecified atom stereocenters. The summed E-state index contributed by atoms with van der Waals surface area (Å²) in [4.78, 5) is 23.6. The van der Waals surface area contributed by atoms with Crippen molar-refractivity contribution in [1.29, 1.82) is 0 Å². The third-order valence-electron chi connectivity index (χ3n) is 4.13. The number of alkyl halides is 2. The Balaban J connectivity index is 2.35. The lowest BCUT2D eigenvalue weighted by Crippen LogP contribution is -2.24. The largest absolute Gasteiger partial charge is 0.493 e. The topological polar surface area (TPSA) is 118 Å². The molecule has 0 saturated heterocycles. The summed E-state index contributed by atoms with van der Waals surface area (Å²) in [7, 11) is 5.05. The quantitative estimate of drug-likeness (QED) is 0.440. The van der Waals surface area contributed by atoms with Gasteiger partial charge in [-0.3, -0.25) is 14.9 Å². The molecule has 0 radical (unpaired) electrons. The third-order valence-corrected chi connectivity index (χ3v) is 4.13. The average Bonchev–Trinajstić information content (AvgIpc) is 2.75. The summed E-state index contributed by atoms with van der Waals surface area (Å²) < 4.78 is 49.6. The molecule has 0 fully saturated rings. The van der Waals surface area contributed by atoms with Crippen molar-refractivity contribution < 1.29 is 42.2 Å². The molecule has 0 spiro atoms. The van der Waals surface area contributed by atoms with Crippen LogP contribution >= 0.6 is 0 Å². The number of ether oxygens (including phenoxy) is 5. The molecule has 0 bridgehead atoms. The van der Waals surface area contributed by atoms with Crippen LogP contribution in [0.15, 0.2) is 24.3 Å². The van der Waals surface area contributed by atoms with Gasteiger partial charge in [0.05, 0.1) is 33.4 Å². The molecule has 2 aromatic rings. The number of halogens is 2. The molecule has 10 nitrogen and oxygen atoms in total. The molecule has 0 aliphatic carbocycles. The summed E-state index contributed by atoms with van der Waals surface area (Å²) in [5.74, 6) is -1.18. The standard InChI is InChI=1S/C19H20F2N2O8/c1-27-13-7-10(5-6-12(13)31-19(20)21)9-22-18(24)11-8-14(28-2)16(29-3)17(30-4)15(11)23(25)26/h5-8,19H,9H2,1-4H3,(H,22,24). The highest BCUT2D eigenvalue weighted by molar-refractivity contribution is 6.00. The molecule has 1 N–H and O–H groups in total. The normalized spacial score (nSPS) is 10.4. The van der Waals surface area contributed by atoms with Crippen LogP contribution in [-0.4, -0.2) is 45.9 Å². The minimum Gasteiger partial charge on any atom is -0.493 e. The maximum absolute atomic E-state index is 12.7. The van der Waals surface area contributed by atoms with Crippen molar-refractivity contribution in [3.8, 4) is 28.7 Å². The van der Waals surface area contributed by atoms with Gasteiger partial charge in [0, 0.05) is 12.6 Å². The Labute approximate surface area is 175 Å². The van der Waals surface area contributed by atoms with E-state index in [9.17, 15) is 23.7 Å². The number of hydrogen-bond donors (Lipinski definition) is 1. The molecular weight excluding hydrogens is 422 g/mol. The van der Waals surface area contributed by atoms with Crippen molar-refractivity contribution in [2.45, 2.75) is 13.2 Å². The highest BCUT2D eigenvalue weighted by Gasteiger charge is 2.32. The predicted molar refractivity (Wildman–Crippen MR) is 104 cm³/mol. The second kappa shape index (κ2) is 10.3. The number of amides is 1. The Bertz CT molecular complexity index is 968. The first-order valence-corrected chi connectivity index (χ1v) is 8.64. The van der Waals surface area contributed by atoms with Crippen molar-refractivity contribution in [1.82, 2.24) is 5.32 Å². The summed E-state index contributed by atoms with van der Waals surface area (Å²) in [5, 5.41) is 14.1. The number of hydrogen-bond acceptors (Lipinski definition) is 8. The molecule has 0 heterocycles. The molecule has 12 heteroatoms. The van der Waals surface area contributed by atoms with Crippen molar-refractivity contribution in [2.75, 3.05) is 28.4 Å². The van der Waals surface area contributed by atoms with Crippen LogP contribution in [0.4, 0.5) is 14.5 Å². The van der Waals surface area contributed by atoms with Gasteiger partial charge in [0.25, 0.3) is 5.91 Å². The molecule has 168 valence electrons. The van der Waals surface area contributed by atoms with Crippen molar-refractivity contribution in [2.24, 2.45) is 0 Å². The number of carbonyl (C=O) groups excluding carboxylic acids is 1. The van der Waals surface area contributed by atoms with Crippen LogP contribution < -0.4 is 29.0 Å². The van der Waals surface area contributed by atoms with Crippen LogP contribution in [0.1, 0.15) is 15.9 Å². The molecule has 1 amide bonds. The Morgan fingerprint density at radius 1 is 1.00 bits per heavy atom. The van der Waals surface area contributed by atoms with E-state index in [4.69, 9.17) is 18.9 Å². The van der Waals surface area contributed by atoms with E-state index in [2.05, 4.69) is 10.1 Å². The zero-order chi connectivity index (χ0) is 23.1. The van der Waals surface area contributed by atoms with E-state index < -0.39 is 23.1 Å². The van der Waals surface area contributed by atoms with E-state index in [1.165, 1.54) is 46.6 Å². The van der Waals surface area contributed by atoms with Crippen molar-refractivity contribution >= 4 is 11.6 Å². The number of nitrogens with one attached hydrogen (secondary N) is 1. The van der Waals surface area contributed by atoms with Crippen LogP contribution in [0, 0.1) is 10.1 Å². The fourth-order valence-electron chi connectivity index (χ4n) is 2.79. The molecule has 0 aliphatic rings. The Morgan fingerprint density at radius 3 is 2.16 bits per heavy atom. The SMILES string of the molecule is COc1cc(CNC(=O)c2cc(OC)c(OC)c(OC)c2[N+](=O)[O-])ccc1OC(F)F. The van der Waals surface area contributed by atoms with E-state index in [1.54, 1.807) is 0 Å². The number of methoxy groups -OCH3 is 4. The predicted octanol–water partition coefficient (Wildman–Crippen LogP) is 3.16. The molecule has 0 saturated carbocycles. The summed E-state index contributed by atoms with van der Waals surface area (Å²) in [6.07, 6.45) is 0. The van der Waals surface area contributed by atoms with Crippen molar-refractivity contribution in [3.05, 3.63) is 45.5 Å². The fourth-order valence-corrected chi connectivity index (χ4v) is 2.79. The monoisotopic (exact) mass is 442 g/mol. The number of nitro groups is 1. The van der Waals surface area contributed by atoms with Gasteiger partial charge in [-0.15, -0.1) is 0 Å². The van der Waals surface area contributed by atoms with Crippen molar-refractivity contribution in [3.63, 3.8) is 0 Å². The highest BCUT2D eigenvalue weighted by Crippen LogP contribution is 2.46. The summed E-state index contributed by atoms with van der Waals surface area (Å²) in [6, 6.07) is 5.25. The molecule has 2 rings (SSSR count). The van der Waals surface area contributed by atoms with Gasteiger partial charge in [-0.25, -0.2) is 0 Å². The minimum atomic E-state index is -3.03. The number of carbonyl (C=O) groups is 1. The van der Waals surface area contributed by atoms with E-state index in [0.29, 0.717) is 5.56 Å². The Kier molecular flexibility index (Phi) is 7.77. The maximum Gasteiger partial charge on any atom is 0.387 e. The van der Waals surface area contributed by atoms with Crippen LogP contribution in [-0.2, 0) is 6.54 Å². The van der Waals surface area contributed by atoms with E-state index >= 15 is 0 Å². The van der Waals surface area contributed by atoms with Gasteiger partial charge >= 0.3 is 12.3 Å². The van der Waals surface area contributed by atoms with Gasteiger partial charge in [-0.2, -0.15) is 8.78 Å². The first kappa shape index (κ1) is 23.4. The van der Waals surface area contributed by atoms with Gasteiger partial charge in [-0.05, 0) is 17.7 Å². The van der Waals surface area contributed by atoms with Gasteiger partial charge < -0.3 is 29.0 Å². The third kappa shape index (κ3) is 5.21. The highest BCUT2D eigenvalue weighted by atomic mass is 19.3. The zero-order valence-corrected chi connectivity index (χ0v) is 17.1. The van der Waals surface area contributed by atoms with Crippen LogP contribution in [0.25, 0.3) is 0 Å². The van der Waals surface area contributed by atoms with Gasteiger partial charge in [-0.1, -0.05) is 6.07 Å². The number of rotatable bonds is 10. The zero-order valence-electron chi connectivity index (χ0n) is 17.1. The number of nitro benzene ring substituents is 1. The minimum absolute atomic E-state index is 0.0332. The Morgan fingerprint density at radius 2 is 1.65 bits per heavy atom. The van der Waals surface area contributed by atoms with Gasteiger partial charge in [0.1, 0.15) is 5.56 Å². The van der Waals surface area contributed by atoms with Crippen LogP contribution in [0.3, 0.4) is 0 Å². The summed E-state index contributed by atoms with van der Waals surface area (Å²) in [6.45, 7) is -3.11. The van der Waals surface area contributed by atoms with Crippen LogP contribution in [0.5, 0.6) is 28.7 Å². The lowest BCUT2D eigenvalue weighted by Gasteiger charge is -2.15. The average molecular weight is 442 g/mol. The molecule has 0 atom stereocenters. The lowest BCUT2D eigenvalue weighted by atomic mass is 10.1. The van der Waals surface area contributed by atoms with Gasteiger partial charge in [0.15, 0.2) is 17.2 Å². The molecule has 2 aromatic carbocycles. The molecule has 0 aliphatic heterocycles. The smallest absolute Gasteiger partial charge is 0.387 e. The van der Waals surface area contributed by atoms with E-state index in [1.807, 2.05) is 0 Å². The first-order valence-electron chi connectivity index (χ1n) is 8.64. The fraction of sp³-hybridized carbons (Fsp3) is 0.316. The molecular formula is C19H20F2N2O8. The number of nitrogens with zero attached hydrogens (tertiary/aromatic N) is 1. The summed E-state index contributed by atoms with van der Waals surface area (Å²) >= 11 is 0. The summed E-state index contributed by atoms with van der Waals surface area (Å²) in [5.41, 5.74) is -0.443.